The summed E-state index contributed by atoms with van der Waals surface area (Å²) in [5, 5.41) is 3.93. The number of nitrogens with zero attached hydrogens (tertiary/aromatic N) is 1. The predicted octanol–water partition coefficient (Wildman–Crippen LogP) is 3.81. The van der Waals surface area contributed by atoms with Crippen molar-refractivity contribution >= 4 is 0 Å². The van der Waals surface area contributed by atoms with Gasteiger partial charge >= 0.3 is 0 Å². The molecule has 1 saturated heterocycles. The highest BCUT2D eigenvalue weighted by Crippen LogP contribution is 2.33. The van der Waals surface area contributed by atoms with Gasteiger partial charge in [0.25, 0.3) is 0 Å². The average molecular weight is 266 g/mol. The van der Waals surface area contributed by atoms with Crippen LogP contribution < -0.4 is 5.32 Å². The quantitative estimate of drug-likeness (QED) is 0.705. The third-order valence-electron chi connectivity index (χ3n) is 5.18. The molecule has 2 aliphatic rings. The molecule has 3 atom stereocenters. The van der Waals surface area contributed by atoms with Gasteiger partial charge in [-0.1, -0.05) is 32.6 Å². The number of unbranched alkanes of at least 4 members (excludes halogenated alkanes) is 2. The second-order valence-corrected chi connectivity index (χ2v) is 7.05. The van der Waals surface area contributed by atoms with E-state index in [1.165, 1.54) is 64.5 Å². The first-order valence-corrected chi connectivity index (χ1v) is 8.70. The van der Waals surface area contributed by atoms with Gasteiger partial charge in [0.05, 0.1) is 0 Å². The van der Waals surface area contributed by atoms with Crippen molar-refractivity contribution in [3.8, 4) is 0 Å². The summed E-state index contributed by atoms with van der Waals surface area (Å²) in [5.41, 5.74) is 0. The van der Waals surface area contributed by atoms with Gasteiger partial charge in [0.2, 0.25) is 0 Å². The fourth-order valence-corrected chi connectivity index (χ4v) is 3.98. The Labute approximate surface area is 120 Å². The lowest BCUT2D eigenvalue weighted by molar-refractivity contribution is 0.196. The Kier molecular flexibility index (Phi) is 6.15. The Morgan fingerprint density at radius 2 is 1.95 bits per heavy atom. The van der Waals surface area contributed by atoms with Gasteiger partial charge in [-0.3, -0.25) is 4.90 Å². The number of hydrogen-bond donors (Lipinski definition) is 1. The molecule has 1 aliphatic carbocycles. The minimum absolute atomic E-state index is 0.696. The molecule has 1 aliphatic heterocycles. The maximum Gasteiger partial charge on any atom is 0.0201 e. The molecule has 1 saturated carbocycles. The second kappa shape index (κ2) is 7.64. The third-order valence-corrected chi connectivity index (χ3v) is 5.18. The molecule has 2 rings (SSSR count). The Bertz CT molecular complexity index is 238. The van der Waals surface area contributed by atoms with E-state index in [0.29, 0.717) is 6.04 Å². The van der Waals surface area contributed by atoms with Crippen LogP contribution in [0, 0.1) is 5.92 Å². The molecule has 0 aromatic heterocycles. The fraction of sp³-hybridized carbons (Fsp3) is 1.00. The van der Waals surface area contributed by atoms with Crippen molar-refractivity contribution < 1.29 is 0 Å². The van der Waals surface area contributed by atoms with E-state index in [1.54, 1.807) is 0 Å². The standard InChI is InChI=1S/C17H34N2/c1-4-5-8-11-19(14(2)3)13-16-12-15-9-6-7-10-17(15)18-16/h14-18H,4-13H2,1-3H3. The maximum atomic E-state index is 3.93. The lowest BCUT2D eigenvalue weighted by atomic mass is 9.85. The number of hydrogen-bond acceptors (Lipinski definition) is 2. The second-order valence-electron chi connectivity index (χ2n) is 7.05. The van der Waals surface area contributed by atoms with Gasteiger partial charge < -0.3 is 5.32 Å². The monoisotopic (exact) mass is 266 g/mol. The Hall–Kier alpha value is -0.0800. The minimum Gasteiger partial charge on any atom is -0.310 e. The van der Waals surface area contributed by atoms with Gasteiger partial charge in [-0.05, 0) is 52.0 Å². The van der Waals surface area contributed by atoms with E-state index in [1.807, 2.05) is 0 Å². The zero-order chi connectivity index (χ0) is 13.7. The van der Waals surface area contributed by atoms with E-state index < -0.39 is 0 Å². The van der Waals surface area contributed by atoms with Crippen LogP contribution in [-0.2, 0) is 0 Å². The van der Waals surface area contributed by atoms with Crippen molar-refractivity contribution in [1.82, 2.24) is 10.2 Å². The van der Waals surface area contributed by atoms with Gasteiger partial charge in [-0.25, -0.2) is 0 Å². The summed E-state index contributed by atoms with van der Waals surface area (Å²) in [5.74, 6) is 0.989. The topological polar surface area (TPSA) is 15.3 Å². The summed E-state index contributed by atoms with van der Waals surface area (Å²) in [4.78, 5) is 2.70. The summed E-state index contributed by atoms with van der Waals surface area (Å²) < 4.78 is 0. The van der Waals surface area contributed by atoms with Crippen LogP contribution in [-0.4, -0.2) is 36.1 Å². The first kappa shape index (κ1) is 15.3. The van der Waals surface area contributed by atoms with Crippen LogP contribution in [0.15, 0.2) is 0 Å². The fourth-order valence-electron chi connectivity index (χ4n) is 3.98. The molecule has 1 heterocycles. The Balaban J connectivity index is 1.77. The van der Waals surface area contributed by atoms with Crippen LogP contribution in [0.3, 0.4) is 0 Å². The van der Waals surface area contributed by atoms with Gasteiger partial charge in [0.15, 0.2) is 0 Å². The molecule has 0 radical (unpaired) electrons. The Morgan fingerprint density at radius 3 is 2.63 bits per heavy atom. The lowest BCUT2D eigenvalue weighted by Gasteiger charge is -2.29. The number of nitrogens with one attached hydrogen (secondary N) is 1. The van der Waals surface area contributed by atoms with Gasteiger partial charge in [-0.2, -0.15) is 0 Å². The molecule has 112 valence electrons. The van der Waals surface area contributed by atoms with Gasteiger partial charge in [0, 0.05) is 24.7 Å². The van der Waals surface area contributed by atoms with Gasteiger partial charge in [0.1, 0.15) is 0 Å². The first-order valence-electron chi connectivity index (χ1n) is 8.70. The molecular weight excluding hydrogens is 232 g/mol. The molecule has 2 fully saturated rings. The molecule has 2 heteroatoms. The number of fused-ring (bicyclic) bond motifs is 1. The van der Waals surface area contributed by atoms with Crippen LogP contribution in [0.1, 0.15) is 72.1 Å². The maximum absolute atomic E-state index is 3.93. The molecule has 19 heavy (non-hydrogen) atoms. The van der Waals surface area contributed by atoms with Crippen molar-refractivity contribution in [2.24, 2.45) is 5.92 Å². The van der Waals surface area contributed by atoms with Crippen molar-refractivity contribution in [2.75, 3.05) is 13.1 Å². The van der Waals surface area contributed by atoms with Crippen molar-refractivity contribution in [1.29, 1.82) is 0 Å². The molecule has 0 spiro atoms. The van der Waals surface area contributed by atoms with Gasteiger partial charge in [-0.15, -0.1) is 0 Å². The molecule has 0 bridgehead atoms. The smallest absolute Gasteiger partial charge is 0.0201 e. The van der Waals surface area contributed by atoms with Crippen LogP contribution >= 0.6 is 0 Å². The molecule has 2 nitrogen and oxygen atoms in total. The summed E-state index contributed by atoms with van der Waals surface area (Å²) in [7, 11) is 0. The normalized spacial score (nSPS) is 31.1. The lowest BCUT2D eigenvalue weighted by Crippen LogP contribution is -2.43. The van der Waals surface area contributed by atoms with E-state index >= 15 is 0 Å². The minimum atomic E-state index is 0.696. The predicted molar refractivity (Wildman–Crippen MR) is 83.5 cm³/mol. The molecule has 0 aromatic carbocycles. The highest BCUT2D eigenvalue weighted by molar-refractivity contribution is 4.94. The summed E-state index contributed by atoms with van der Waals surface area (Å²) in [6, 6.07) is 2.31. The van der Waals surface area contributed by atoms with E-state index in [-0.39, 0.29) is 0 Å². The highest BCUT2D eigenvalue weighted by Gasteiger charge is 2.35. The largest absolute Gasteiger partial charge is 0.310 e. The summed E-state index contributed by atoms with van der Waals surface area (Å²) >= 11 is 0. The first-order chi connectivity index (χ1) is 9.20. The summed E-state index contributed by atoms with van der Waals surface area (Å²) in [6.07, 6.45) is 11.3. The average Bonchev–Trinajstić information content (AvgIpc) is 2.80. The zero-order valence-corrected chi connectivity index (χ0v) is 13.3. The SMILES string of the molecule is CCCCCN(CC1CC2CCCCC2N1)C(C)C. The summed E-state index contributed by atoms with van der Waals surface area (Å²) in [6.45, 7) is 9.57. The van der Waals surface area contributed by atoms with Crippen molar-refractivity contribution in [3.05, 3.63) is 0 Å². The van der Waals surface area contributed by atoms with Crippen molar-refractivity contribution in [3.63, 3.8) is 0 Å². The number of rotatable bonds is 7. The van der Waals surface area contributed by atoms with E-state index in [9.17, 15) is 0 Å². The van der Waals surface area contributed by atoms with E-state index in [0.717, 1.165) is 18.0 Å². The molecule has 3 unspecified atom stereocenters. The molecule has 0 aromatic rings. The van der Waals surface area contributed by atoms with Crippen LogP contribution in [0.25, 0.3) is 0 Å². The Morgan fingerprint density at radius 1 is 1.16 bits per heavy atom. The molecular formula is C17H34N2. The zero-order valence-electron chi connectivity index (χ0n) is 13.3. The molecule has 0 amide bonds. The van der Waals surface area contributed by atoms with E-state index in [4.69, 9.17) is 0 Å². The van der Waals surface area contributed by atoms with Crippen LogP contribution in [0.4, 0.5) is 0 Å². The molecule has 1 N–H and O–H groups in total. The van der Waals surface area contributed by atoms with E-state index in [2.05, 4.69) is 31.0 Å². The van der Waals surface area contributed by atoms with Crippen molar-refractivity contribution in [2.45, 2.75) is 90.3 Å². The third kappa shape index (κ3) is 4.46. The van der Waals surface area contributed by atoms with Crippen LogP contribution in [0.2, 0.25) is 0 Å². The van der Waals surface area contributed by atoms with Crippen LogP contribution in [0.5, 0.6) is 0 Å². The highest BCUT2D eigenvalue weighted by atomic mass is 15.2.